The van der Waals surface area contributed by atoms with Gasteiger partial charge in [-0.1, -0.05) is 6.42 Å². The molecule has 3 heteroatoms. The number of nitrogens with zero attached hydrogens (tertiary/aromatic N) is 1. The molecule has 0 bridgehead atoms. The molecular formula is C10H16ClNO. The first kappa shape index (κ1) is 9.32. The van der Waals surface area contributed by atoms with Crippen molar-refractivity contribution in [3.05, 3.63) is 0 Å². The minimum atomic E-state index is 0.107. The number of hydrogen-bond donors (Lipinski definition) is 0. The summed E-state index contributed by atoms with van der Waals surface area (Å²) in [5.74, 6) is 0.253. The largest absolute Gasteiger partial charge is 0.342 e. The zero-order valence-corrected chi connectivity index (χ0v) is 8.65. The molecule has 2 nitrogen and oxygen atoms in total. The standard InChI is InChI=1S/C10H16ClNO/c11-8-9(13)12-6-4-10(5-7-12)2-1-3-10/h1-8H2. The zero-order chi connectivity index (χ0) is 9.31. The molecule has 2 aliphatic rings. The van der Waals surface area contributed by atoms with E-state index in [1.54, 1.807) is 0 Å². The smallest absolute Gasteiger partial charge is 0.237 e. The van der Waals surface area contributed by atoms with Crippen molar-refractivity contribution in [2.24, 2.45) is 5.41 Å². The first-order valence-electron chi connectivity index (χ1n) is 5.10. The topological polar surface area (TPSA) is 20.3 Å². The van der Waals surface area contributed by atoms with Crippen molar-refractivity contribution < 1.29 is 4.79 Å². The molecule has 1 aliphatic heterocycles. The van der Waals surface area contributed by atoms with Gasteiger partial charge in [0.15, 0.2) is 0 Å². The van der Waals surface area contributed by atoms with E-state index in [2.05, 4.69) is 0 Å². The molecule has 74 valence electrons. The van der Waals surface area contributed by atoms with Crippen LogP contribution in [0.1, 0.15) is 32.1 Å². The third-order valence-corrected chi connectivity index (χ3v) is 3.93. The summed E-state index contributed by atoms with van der Waals surface area (Å²) in [6, 6.07) is 0. The summed E-state index contributed by atoms with van der Waals surface area (Å²) in [6.07, 6.45) is 6.57. The Morgan fingerprint density at radius 1 is 1.23 bits per heavy atom. The molecule has 1 saturated heterocycles. The SMILES string of the molecule is O=C(CCl)N1CCC2(CCC2)CC1. The van der Waals surface area contributed by atoms with Crippen LogP contribution in [0, 0.1) is 5.41 Å². The van der Waals surface area contributed by atoms with Crippen LogP contribution in [0.15, 0.2) is 0 Å². The third-order valence-electron chi connectivity index (χ3n) is 3.71. The predicted molar refractivity (Wildman–Crippen MR) is 52.8 cm³/mol. The van der Waals surface area contributed by atoms with E-state index >= 15 is 0 Å². The van der Waals surface area contributed by atoms with E-state index in [0.717, 1.165) is 13.1 Å². The Kier molecular flexibility index (Phi) is 2.50. The molecule has 0 atom stereocenters. The van der Waals surface area contributed by atoms with Gasteiger partial charge in [0.1, 0.15) is 5.88 Å². The lowest BCUT2D eigenvalue weighted by Gasteiger charge is -2.47. The molecule has 1 amide bonds. The fourth-order valence-corrected chi connectivity index (χ4v) is 2.66. The van der Waals surface area contributed by atoms with E-state index in [1.165, 1.54) is 32.1 Å². The number of hydrogen-bond acceptors (Lipinski definition) is 1. The van der Waals surface area contributed by atoms with Crippen molar-refractivity contribution in [1.29, 1.82) is 0 Å². The molecule has 13 heavy (non-hydrogen) atoms. The maximum atomic E-state index is 11.3. The van der Waals surface area contributed by atoms with Crippen LogP contribution < -0.4 is 0 Å². The van der Waals surface area contributed by atoms with Gasteiger partial charge in [-0.15, -0.1) is 11.6 Å². The molecule has 1 saturated carbocycles. The molecule has 0 radical (unpaired) electrons. The first-order valence-corrected chi connectivity index (χ1v) is 5.63. The number of amides is 1. The Bertz CT molecular complexity index is 203. The monoisotopic (exact) mass is 201 g/mol. The summed E-state index contributed by atoms with van der Waals surface area (Å²) in [6.45, 7) is 1.87. The van der Waals surface area contributed by atoms with Gasteiger partial charge in [-0.05, 0) is 31.1 Å². The van der Waals surface area contributed by atoms with E-state index in [1.807, 2.05) is 4.90 Å². The third kappa shape index (κ3) is 1.69. The molecule has 2 fully saturated rings. The lowest BCUT2D eigenvalue weighted by atomic mass is 9.63. The van der Waals surface area contributed by atoms with Crippen LogP contribution in [-0.4, -0.2) is 29.8 Å². The van der Waals surface area contributed by atoms with Gasteiger partial charge in [0.25, 0.3) is 0 Å². The Labute approximate surface area is 84.2 Å². The summed E-state index contributed by atoms with van der Waals surface area (Å²) in [5, 5.41) is 0. The van der Waals surface area contributed by atoms with Crippen molar-refractivity contribution >= 4 is 17.5 Å². The second-order valence-corrected chi connectivity index (χ2v) is 4.64. The van der Waals surface area contributed by atoms with Gasteiger partial charge in [-0.2, -0.15) is 0 Å². The Balaban J connectivity index is 1.85. The quantitative estimate of drug-likeness (QED) is 0.595. The molecule has 2 rings (SSSR count). The molecule has 0 aromatic carbocycles. The Morgan fingerprint density at radius 3 is 2.23 bits per heavy atom. The summed E-state index contributed by atoms with van der Waals surface area (Å²) in [5.41, 5.74) is 0.628. The van der Waals surface area contributed by atoms with E-state index in [9.17, 15) is 4.79 Å². The van der Waals surface area contributed by atoms with Crippen molar-refractivity contribution in [1.82, 2.24) is 4.90 Å². The van der Waals surface area contributed by atoms with Crippen LogP contribution in [0.25, 0.3) is 0 Å². The van der Waals surface area contributed by atoms with Crippen LogP contribution in [-0.2, 0) is 4.79 Å². The number of rotatable bonds is 1. The zero-order valence-electron chi connectivity index (χ0n) is 7.89. The average Bonchev–Trinajstić information content (AvgIpc) is 2.14. The van der Waals surface area contributed by atoms with E-state index in [-0.39, 0.29) is 11.8 Å². The average molecular weight is 202 g/mol. The van der Waals surface area contributed by atoms with Crippen LogP contribution >= 0.6 is 11.6 Å². The summed E-state index contributed by atoms with van der Waals surface area (Å²) < 4.78 is 0. The highest BCUT2D eigenvalue weighted by Gasteiger charge is 2.40. The molecule has 0 aromatic rings. The van der Waals surface area contributed by atoms with Gasteiger partial charge < -0.3 is 4.90 Å². The second-order valence-electron chi connectivity index (χ2n) is 4.37. The molecule has 0 N–H and O–H groups in total. The van der Waals surface area contributed by atoms with E-state index < -0.39 is 0 Å². The van der Waals surface area contributed by atoms with Crippen molar-refractivity contribution in [3.8, 4) is 0 Å². The van der Waals surface area contributed by atoms with Crippen molar-refractivity contribution in [2.75, 3.05) is 19.0 Å². The molecule has 1 heterocycles. The first-order chi connectivity index (χ1) is 6.26. The number of halogens is 1. The highest BCUT2D eigenvalue weighted by Crippen LogP contribution is 2.48. The van der Waals surface area contributed by atoms with Gasteiger partial charge in [-0.3, -0.25) is 4.79 Å². The fourth-order valence-electron chi connectivity index (χ4n) is 2.49. The van der Waals surface area contributed by atoms with E-state index in [4.69, 9.17) is 11.6 Å². The van der Waals surface area contributed by atoms with E-state index in [0.29, 0.717) is 5.41 Å². The number of likely N-dealkylation sites (tertiary alicyclic amines) is 1. The summed E-state index contributed by atoms with van der Waals surface area (Å²) >= 11 is 5.51. The molecule has 1 spiro atoms. The minimum absolute atomic E-state index is 0.107. The Morgan fingerprint density at radius 2 is 1.85 bits per heavy atom. The van der Waals surface area contributed by atoms with Crippen molar-refractivity contribution in [2.45, 2.75) is 32.1 Å². The van der Waals surface area contributed by atoms with Crippen LogP contribution in [0.4, 0.5) is 0 Å². The number of carbonyl (C=O) groups is 1. The molecular weight excluding hydrogens is 186 g/mol. The number of carbonyl (C=O) groups excluding carboxylic acids is 1. The van der Waals surface area contributed by atoms with Gasteiger partial charge >= 0.3 is 0 Å². The number of piperidine rings is 1. The molecule has 0 aromatic heterocycles. The molecule has 1 aliphatic carbocycles. The number of alkyl halides is 1. The highest BCUT2D eigenvalue weighted by atomic mass is 35.5. The van der Waals surface area contributed by atoms with Crippen LogP contribution in [0.2, 0.25) is 0 Å². The minimum Gasteiger partial charge on any atom is -0.342 e. The molecule has 0 unspecified atom stereocenters. The maximum absolute atomic E-state index is 11.3. The van der Waals surface area contributed by atoms with Crippen molar-refractivity contribution in [3.63, 3.8) is 0 Å². The van der Waals surface area contributed by atoms with Gasteiger partial charge in [0, 0.05) is 13.1 Å². The normalized spacial score (nSPS) is 25.8. The van der Waals surface area contributed by atoms with Gasteiger partial charge in [0.2, 0.25) is 5.91 Å². The van der Waals surface area contributed by atoms with Crippen LogP contribution in [0.5, 0.6) is 0 Å². The van der Waals surface area contributed by atoms with Gasteiger partial charge in [-0.25, -0.2) is 0 Å². The highest BCUT2D eigenvalue weighted by molar-refractivity contribution is 6.27. The van der Waals surface area contributed by atoms with Crippen LogP contribution in [0.3, 0.4) is 0 Å². The summed E-state index contributed by atoms with van der Waals surface area (Å²) in [7, 11) is 0. The lowest BCUT2D eigenvalue weighted by Crippen LogP contribution is -2.46. The second kappa shape index (κ2) is 3.49. The predicted octanol–water partition coefficient (Wildman–Crippen LogP) is 2.02. The maximum Gasteiger partial charge on any atom is 0.237 e. The fraction of sp³-hybridized carbons (Fsp3) is 0.900. The summed E-state index contributed by atoms with van der Waals surface area (Å²) in [4.78, 5) is 13.2. The Hall–Kier alpha value is -0.240. The lowest BCUT2D eigenvalue weighted by molar-refractivity contribution is -0.131. The van der Waals surface area contributed by atoms with Gasteiger partial charge in [0.05, 0.1) is 0 Å².